The highest BCUT2D eigenvalue weighted by Crippen LogP contribution is 2.37. The Morgan fingerprint density at radius 3 is 2.43 bits per heavy atom. The summed E-state index contributed by atoms with van der Waals surface area (Å²) in [5, 5.41) is 0. The average Bonchev–Trinajstić information content (AvgIpc) is 2.47. The van der Waals surface area contributed by atoms with Crippen LogP contribution in [0.1, 0.15) is 64.2 Å². The minimum Gasteiger partial charge on any atom is -0.353 e. The van der Waals surface area contributed by atoms with Crippen molar-refractivity contribution in [2.75, 3.05) is 12.8 Å². The molecule has 1 aliphatic carbocycles. The second-order valence-electron chi connectivity index (χ2n) is 6.40. The van der Waals surface area contributed by atoms with Crippen molar-refractivity contribution in [2.45, 2.75) is 76.6 Å². The zero-order valence-corrected chi connectivity index (χ0v) is 13.7. The topological polar surface area (TPSA) is 76.0 Å². The van der Waals surface area contributed by atoms with Gasteiger partial charge in [0.2, 0.25) is 0 Å². The van der Waals surface area contributed by atoms with Gasteiger partial charge in [-0.3, -0.25) is 4.57 Å². The molecule has 1 saturated heterocycles. The van der Waals surface area contributed by atoms with Crippen LogP contribution < -0.4 is 0 Å². The molecule has 1 saturated carbocycles. The monoisotopic (exact) mass is 320 g/mol. The maximum absolute atomic E-state index is 11.0. The summed E-state index contributed by atoms with van der Waals surface area (Å²) in [6.07, 6.45) is 10.5. The Bertz CT molecular complexity index is 331. The Labute approximate surface area is 127 Å². The van der Waals surface area contributed by atoms with Gasteiger partial charge in [-0.2, -0.15) is 0 Å². The summed E-state index contributed by atoms with van der Waals surface area (Å²) in [7, 11) is -3.89. The molecular weight excluding hydrogens is 291 g/mol. The van der Waals surface area contributed by atoms with Gasteiger partial charge in [0.05, 0.1) is 6.10 Å². The molecule has 2 rings (SSSR count). The third kappa shape index (κ3) is 6.79. The Hall–Kier alpha value is 0.0700. The molecule has 1 heterocycles. The van der Waals surface area contributed by atoms with E-state index in [4.69, 9.17) is 19.3 Å². The molecule has 6 heteroatoms. The molecule has 1 aliphatic heterocycles. The smallest absolute Gasteiger partial charge is 0.325 e. The predicted octanol–water partition coefficient (Wildman–Crippen LogP) is 3.44. The molecule has 21 heavy (non-hydrogen) atoms. The molecule has 2 N–H and O–H groups in total. The van der Waals surface area contributed by atoms with E-state index in [1.165, 1.54) is 32.1 Å². The number of rotatable bonds is 7. The van der Waals surface area contributed by atoms with E-state index in [1.807, 2.05) is 0 Å². The molecule has 1 unspecified atom stereocenters. The van der Waals surface area contributed by atoms with Gasteiger partial charge in [-0.05, 0) is 50.9 Å². The highest BCUT2D eigenvalue weighted by molar-refractivity contribution is 7.51. The first-order valence-corrected chi connectivity index (χ1v) is 10.2. The molecular formula is C15H29O5P. The first-order valence-electron chi connectivity index (χ1n) is 8.36. The normalized spacial score (nSPS) is 26.7. The second-order valence-corrected chi connectivity index (χ2v) is 8.18. The van der Waals surface area contributed by atoms with E-state index in [1.54, 1.807) is 0 Å². The highest BCUT2D eigenvalue weighted by atomic mass is 31.2. The number of hydrogen-bond acceptors (Lipinski definition) is 3. The molecule has 2 atom stereocenters. The quantitative estimate of drug-likeness (QED) is 0.703. The molecule has 0 amide bonds. The molecule has 0 spiro atoms. The van der Waals surface area contributed by atoms with Crippen molar-refractivity contribution in [2.24, 2.45) is 5.92 Å². The van der Waals surface area contributed by atoms with Crippen molar-refractivity contribution in [3.8, 4) is 0 Å². The van der Waals surface area contributed by atoms with Gasteiger partial charge in [0.15, 0.2) is 6.29 Å². The molecule has 2 aliphatic rings. The lowest BCUT2D eigenvalue weighted by Crippen LogP contribution is -2.33. The summed E-state index contributed by atoms with van der Waals surface area (Å²) < 4.78 is 22.8. The summed E-state index contributed by atoms with van der Waals surface area (Å²) in [4.78, 5) is 18.0. The van der Waals surface area contributed by atoms with Crippen LogP contribution in [-0.4, -0.2) is 34.9 Å². The molecule has 124 valence electrons. The fraction of sp³-hybridized carbons (Fsp3) is 1.00. The largest absolute Gasteiger partial charge is 0.353 e. The number of hydrogen-bond donors (Lipinski definition) is 2. The van der Waals surface area contributed by atoms with Crippen molar-refractivity contribution in [3.05, 3.63) is 0 Å². The Morgan fingerprint density at radius 1 is 1.10 bits per heavy atom. The Balaban J connectivity index is 1.84. The van der Waals surface area contributed by atoms with Crippen molar-refractivity contribution >= 4 is 7.60 Å². The summed E-state index contributed by atoms with van der Waals surface area (Å²) in [5.41, 5.74) is 0. The van der Waals surface area contributed by atoms with Crippen LogP contribution in [0.4, 0.5) is 0 Å². The third-order valence-corrected chi connectivity index (χ3v) is 5.48. The minimum atomic E-state index is -3.89. The van der Waals surface area contributed by atoms with E-state index in [9.17, 15) is 4.57 Å². The molecule has 0 bridgehead atoms. The molecule has 0 aromatic rings. The van der Waals surface area contributed by atoms with Crippen LogP contribution in [0.2, 0.25) is 0 Å². The third-order valence-electron chi connectivity index (χ3n) is 4.58. The maximum Gasteiger partial charge on any atom is 0.325 e. The lowest BCUT2D eigenvalue weighted by molar-refractivity contribution is -0.201. The summed E-state index contributed by atoms with van der Waals surface area (Å²) >= 11 is 0. The molecule has 0 aromatic heterocycles. The van der Waals surface area contributed by atoms with Gasteiger partial charge in [-0.15, -0.1) is 0 Å². The van der Waals surface area contributed by atoms with Crippen LogP contribution in [0.25, 0.3) is 0 Å². The zero-order valence-electron chi connectivity index (χ0n) is 12.8. The van der Waals surface area contributed by atoms with Gasteiger partial charge in [-0.25, -0.2) is 0 Å². The second kappa shape index (κ2) is 8.64. The van der Waals surface area contributed by atoms with Gasteiger partial charge in [-0.1, -0.05) is 19.3 Å². The average molecular weight is 320 g/mol. The Kier molecular flexibility index (Phi) is 7.17. The lowest BCUT2D eigenvalue weighted by Gasteiger charge is -2.34. The SMILES string of the molecule is O=P(O)(O)CCC[C@@H](OC1CCCCO1)C1CCCCC1. The van der Waals surface area contributed by atoms with Crippen LogP contribution in [0.5, 0.6) is 0 Å². The van der Waals surface area contributed by atoms with Gasteiger partial charge < -0.3 is 19.3 Å². The van der Waals surface area contributed by atoms with Gasteiger partial charge in [0.25, 0.3) is 0 Å². The van der Waals surface area contributed by atoms with Crippen LogP contribution >= 0.6 is 7.60 Å². The fourth-order valence-electron chi connectivity index (χ4n) is 3.43. The van der Waals surface area contributed by atoms with E-state index in [2.05, 4.69) is 0 Å². The molecule has 2 fully saturated rings. The summed E-state index contributed by atoms with van der Waals surface area (Å²) in [6.45, 7) is 0.768. The zero-order chi connectivity index (χ0) is 15.1. The van der Waals surface area contributed by atoms with Gasteiger partial charge >= 0.3 is 7.60 Å². The molecule has 0 radical (unpaired) electrons. The van der Waals surface area contributed by atoms with Crippen molar-refractivity contribution < 1.29 is 23.8 Å². The first-order chi connectivity index (χ1) is 10.0. The lowest BCUT2D eigenvalue weighted by atomic mass is 9.83. The van der Waals surface area contributed by atoms with Crippen molar-refractivity contribution in [1.82, 2.24) is 0 Å². The molecule has 5 nitrogen and oxygen atoms in total. The molecule has 0 aromatic carbocycles. The van der Waals surface area contributed by atoms with Crippen LogP contribution in [0.15, 0.2) is 0 Å². The van der Waals surface area contributed by atoms with E-state index in [0.29, 0.717) is 12.3 Å². The van der Waals surface area contributed by atoms with Crippen LogP contribution in [-0.2, 0) is 14.0 Å². The van der Waals surface area contributed by atoms with Crippen molar-refractivity contribution in [1.29, 1.82) is 0 Å². The maximum atomic E-state index is 11.0. The van der Waals surface area contributed by atoms with Gasteiger partial charge in [0.1, 0.15) is 0 Å². The first kappa shape index (κ1) is 17.4. The van der Waals surface area contributed by atoms with E-state index in [-0.39, 0.29) is 18.6 Å². The van der Waals surface area contributed by atoms with Crippen molar-refractivity contribution in [3.63, 3.8) is 0 Å². The minimum absolute atomic E-state index is 0.0366. The Morgan fingerprint density at radius 2 is 1.81 bits per heavy atom. The predicted molar refractivity (Wildman–Crippen MR) is 81.2 cm³/mol. The van der Waals surface area contributed by atoms with E-state index in [0.717, 1.165) is 32.3 Å². The van der Waals surface area contributed by atoms with E-state index < -0.39 is 7.60 Å². The van der Waals surface area contributed by atoms with Crippen LogP contribution in [0, 0.1) is 5.92 Å². The highest BCUT2D eigenvalue weighted by Gasteiger charge is 2.28. The standard InChI is InChI=1S/C15H29O5P/c16-21(17,18)12-6-9-14(13-7-2-1-3-8-13)20-15-10-4-5-11-19-15/h13-15H,1-12H2,(H2,16,17,18)/t14-,15?/m1/s1. The van der Waals surface area contributed by atoms with Crippen LogP contribution in [0.3, 0.4) is 0 Å². The summed E-state index contributed by atoms with van der Waals surface area (Å²) in [5.74, 6) is 0.529. The summed E-state index contributed by atoms with van der Waals surface area (Å²) in [6, 6.07) is 0. The number of ether oxygens (including phenoxy) is 2. The van der Waals surface area contributed by atoms with Gasteiger partial charge in [0, 0.05) is 12.8 Å². The van der Waals surface area contributed by atoms with E-state index >= 15 is 0 Å². The fourth-order valence-corrected chi connectivity index (χ4v) is 4.03.